The average molecular weight is 450 g/mol. The van der Waals surface area contributed by atoms with Crippen LogP contribution in [0, 0.1) is 6.92 Å². The first-order chi connectivity index (χ1) is 15.3. The third-order valence-corrected chi connectivity index (χ3v) is 5.92. The van der Waals surface area contributed by atoms with Crippen molar-refractivity contribution in [2.24, 2.45) is 0 Å². The highest BCUT2D eigenvalue weighted by Crippen LogP contribution is 2.36. The first-order valence-corrected chi connectivity index (χ1v) is 10.9. The number of hydrogen-bond acceptors (Lipinski definition) is 6. The van der Waals surface area contributed by atoms with Gasteiger partial charge in [0.2, 0.25) is 0 Å². The van der Waals surface area contributed by atoms with E-state index in [-0.39, 0.29) is 11.3 Å². The third kappa shape index (κ3) is 3.62. The van der Waals surface area contributed by atoms with Crippen molar-refractivity contribution in [1.29, 1.82) is 0 Å². The Hall–Kier alpha value is -3.32. The fourth-order valence-corrected chi connectivity index (χ4v) is 4.17. The van der Waals surface area contributed by atoms with Gasteiger partial charge in [0.05, 0.1) is 5.54 Å². The molecule has 0 fully saturated rings. The predicted molar refractivity (Wildman–Crippen MR) is 126 cm³/mol. The zero-order valence-electron chi connectivity index (χ0n) is 18.2. The minimum absolute atomic E-state index is 0.202. The second-order valence-electron chi connectivity index (χ2n) is 8.66. The van der Waals surface area contributed by atoms with Gasteiger partial charge < -0.3 is 15.2 Å². The fraction of sp³-hybridized carbons (Fsp3) is 0.292. The molecule has 2 aromatic carbocycles. The molecule has 0 amide bonds. The summed E-state index contributed by atoms with van der Waals surface area (Å²) in [5, 5.41) is 14.4. The highest BCUT2D eigenvalue weighted by molar-refractivity contribution is 6.30. The Morgan fingerprint density at radius 1 is 1.12 bits per heavy atom. The molecule has 4 aromatic rings. The summed E-state index contributed by atoms with van der Waals surface area (Å²) < 4.78 is 7.81. The van der Waals surface area contributed by atoms with Crippen LogP contribution in [0.3, 0.4) is 0 Å². The molecule has 1 aliphatic heterocycles. The minimum Gasteiger partial charge on any atom is -0.507 e. The Morgan fingerprint density at radius 2 is 1.91 bits per heavy atom. The largest absolute Gasteiger partial charge is 0.507 e. The number of phenols is 1. The van der Waals surface area contributed by atoms with Crippen LogP contribution in [0.2, 0.25) is 5.02 Å². The van der Waals surface area contributed by atoms with Crippen LogP contribution in [0.5, 0.6) is 11.8 Å². The molecule has 0 atom stereocenters. The average Bonchev–Trinajstić information content (AvgIpc) is 3.27. The van der Waals surface area contributed by atoms with Crippen LogP contribution >= 0.6 is 11.6 Å². The van der Waals surface area contributed by atoms with Gasteiger partial charge in [0.25, 0.3) is 6.01 Å². The van der Waals surface area contributed by atoms with Gasteiger partial charge in [0.1, 0.15) is 18.2 Å². The topological polar surface area (TPSA) is 85.1 Å². The van der Waals surface area contributed by atoms with Crippen LogP contribution in [-0.2, 0) is 12.0 Å². The lowest BCUT2D eigenvalue weighted by atomic mass is 10.0. The Labute approximate surface area is 191 Å². The van der Waals surface area contributed by atoms with E-state index in [1.165, 1.54) is 0 Å². The number of fused-ring (bicyclic) bond motifs is 3. The molecule has 164 valence electrons. The van der Waals surface area contributed by atoms with Crippen LogP contribution < -0.4 is 10.1 Å². The maximum absolute atomic E-state index is 10.3. The highest BCUT2D eigenvalue weighted by atomic mass is 35.5. The van der Waals surface area contributed by atoms with E-state index in [1.54, 1.807) is 6.07 Å². The second-order valence-corrected chi connectivity index (χ2v) is 9.09. The molecule has 0 saturated carbocycles. The number of aromatic nitrogens is 4. The summed E-state index contributed by atoms with van der Waals surface area (Å²) in [5.41, 5.74) is 4.10. The predicted octanol–water partition coefficient (Wildman–Crippen LogP) is 4.94. The van der Waals surface area contributed by atoms with E-state index in [0.717, 1.165) is 28.8 Å². The number of rotatable bonds is 5. The van der Waals surface area contributed by atoms with Crippen molar-refractivity contribution in [3.8, 4) is 22.9 Å². The van der Waals surface area contributed by atoms with Gasteiger partial charge >= 0.3 is 0 Å². The molecule has 1 aliphatic rings. The highest BCUT2D eigenvalue weighted by Gasteiger charge is 2.35. The van der Waals surface area contributed by atoms with Crippen LogP contribution in [0.4, 0.5) is 5.82 Å². The summed E-state index contributed by atoms with van der Waals surface area (Å²) >= 11 is 5.99. The zero-order chi connectivity index (χ0) is 22.5. The first kappa shape index (κ1) is 20.6. The second kappa shape index (κ2) is 7.67. The molecule has 2 aromatic heterocycles. The maximum atomic E-state index is 10.3. The smallest absolute Gasteiger partial charge is 0.299 e. The molecule has 7 nitrogen and oxygen atoms in total. The zero-order valence-corrected chi connectivity index (χ0v) is 18.9. The summed E-state index contributed by atoms with van der Waals surface area (Å²) in [6, 6.07) is 13.7. The first-order valence-electron chi connectivity index (χ1n) is 10.5. The molecule has 5 rings (SSSR count). The van der Waals surface area contributed by atoms with Gasteiger partial charge in [0.15, 0.2) is 17.0 Å². The minimum atomic E-state index is -0.202. The SMILES string of the molecule is Cc1nc(NCCc2ccc(O)c(-c3ccc(Cl)cc3)c2)c2nc3n(c2n1)C(C)(C)CO3. The van der Waals surface area contributed by atoms with Crippen LogP contribution in [-0.4, -0.2) is 37.8 Å². The summed E-state index contributed by atoms with van der Waals surface area (Å²) in [6.45, 7) is 7.33. The summed E-state index contributed by atoms with van der Waals surface area (Å²) in [7, 11) is 0. The van der Waals surface area contributed by atoms with Crippen molar-refractivity contribution in [2.75, 3.05) is 18.5 Å². The number of anilines is 1. The van der Waals surface area contributed by atoms with Gasteiger partial charge in [-0.2, -0.15) is 4.98 Å². The lowest BCUT2D eigenvalue weighted by Crippen LogP contribution is -2.26. The number of nitrogens with zero attached hydrogens (tertiary/aromatic N) is 4. The Bertz CT molecular complexity index is 1310. The Balaban J connectivity index is 1.37. The third-order valence-electron chi connectivity index (χ3n) is 5.67. The van der Waals surface area contributed by atoms with Gasteiger partial charge in [-0.05, 0) is 62.6 Å². The van der Waals surface area contributed by atoms with E-state index in [4.69, 9.17) is 16.3 Å². The fourth-order valence-electron chi connectivity index (χ4n) is 4.04. The van der Waals surface area contributed by atoms with Crippen molar-refractivity contribution >= 4 is 28.6 Å². The number of benzene rings is 2. The standard InChI is InChI=1S/C24H24ClN5O2/c1-14-27-21(20-22(28-14)30-23(29-20)32-13-24(30,2)3)26-11-10-15-4-9-19(31)18(12-15)16-5-7-17(25)8-6-16/h4-9,12,31H,10-11,13H2,1-3H3,(H,26,27,28). The normalized spacial score (nSPS) is 14.4. The van der Waals surface area contributed by atoms with Crippen molar-refractivity contribution < 1.29 is 9.84 Å². The van der Waals surface area contributed by atoms with Gasteiger partial charge in [-0.1, -0.05) is 29.8 Å². The number of hydrogen-bond donors (Lipinski definition) is 2. The van der Waals surface area contributed by atoms with Crippen LogP contribution in [0.25, 0.3) is 22.3 Å². The van der Waals surface area contributed by atoms with Gasteiger partial charge in [-0.25, -0.2) is 9.97 Å². The molecular formula is C24H24ClN5O2. The van der Waals surface area contributed by atoms with E-state index in [9.17, 15) is 5.11 Å². The molecule has 8 heteroatoms. The molecule has 0 bridgehead atoms. The summed E-state index contributed by atoms with van der Waals surface area (Å²) in [5.74, 6) is 1.62. The number of ether oxygens (including phenoxy) is 1. The number of aromatic hydroxyl groups is 1. The maximum Gasteiger partial charge on any atom is 0.299 e. The van der Waals surface area contributed by atoms with Crippen molar-refractivity contribution in [2.45, 2.75) is 32.7 Å². The molecule has 0 saturated heterocycles. The number of nitrogens with one attached hydrogen (secondary N) is 1. The summed E-state index contributed by atoms with van der Waals surface area (Å²) in [6.07, 6.45) is 0.751. The van der Waals surface area contributed by atoms with Crippen LogP contribution in [0.15, 0.2) is 42.5 Å². The van der Waals surface area contributed by atoms with E-state index >= 15 is 0 Å². The number of imidazole rings is 1. The van der Waals surface area contributed by atoms with E-state index < -0.39 is 0 Å². The van der Waals surface area contributed by atoms with Gasteiger partial charge in [0, 0.05) is 17.1 Å². The Kier molecular flexibility index (Phi) is 4.93. The van der Waals surface area contributed by atoms with Crippen molar-refractivity contribution in [3.05, 3.63) is 58.9 Å². The molecule has 0 spiro atoms. The summed E-state index contributed by atoms with van der Waals surface area (Å²) in [4.78, 5) is 13.8. The lowest BCUT2D eigenvalue weighted by Gasteiger charge is -2.18. The van der Waals surface area contributed by atoms with Crippen LogP contribution in [0.1, 0.15) is 25.2 Å². The molecule has 3 heterocycles. The monoisotopic (exact) mass is 449 g/mol. The lowest BCUT2D eigenvalue weighted by molar-refractivity contribution is 0.268. The number of aryl methyl sites for hydroxylation is 1. The van der Waals surface area contributed by atoms with Gasteiger partial charge in [-0.15, -0.1) is 0 Å². The van der Waals surface area contributed by atoms with E-state index in [0.29, 0.717) is 41.3 Å². The molecule has 0 aliphatic carbocycles. The Morgan fingerprint density at radius 3 is 2.69 bits per heavy atom. The molecule has 0 unspecified atom stereocenters. The van der Waals surface area contributed by atoms with Gasteiger partial charge in [-0.3, -0.25) is 4.57 Å². The number of phenolic OH excluding ortho intramolecular Hbond substituents is 1. The number of halogens is 1. The molecular weight excluding hydrogens is 426 g/mol. The van der Waals surface area contributed by atoms with Crippen molar-refractivity contribution in [1.82, 2.24) is 19.5 Å². The van der Waals surface area contributed by atoms with E-state index in [1.807, 2.05) is 47.9 Å². The molecule has 2 N–H and O–H groups in total. The van der Waals surface area contributed by atoms with E-state index in [2.05, 4.69) is 34.1 Å². The molecule has 0 radical (unpaired) electrons. The quantitative estimate of drug-likeness (QED) is 0.448. The van der Waals surface area contributed by atoms with Crippen molar-refractivity contribution in [3.63, 3.8) is 0 Å². The molecule has 32 heavy (non-hydrogen) atoms.